The van der Waals surface area contributed by atoms with Crippen LogP contribution in [0.25, 0.3) is 0 Å². The number of nitrogens with zero attached hydrogens (tertiary/aromatic N) is 1. The second-order valence-corrected chi connectivity index (χ2v) is 5.45. The second kappa shape index (κ2) is 6.18. The third-order valence-electron chi connectivity index (χ3n) is 3.09. The summed E-state index contributed by atoms with van der Waals surface area (Å²) in [5, 5.41) is 0. The van der Waals surface area contributed by atoms with Crippen molar-refractivity contribution >= 4 is 23.3 Å². The summed E-state index contributed by atoms with van der Waals surface area (Å²) in [4.78, 5) is 4.90. The lowest BCUT2D eigenvalue weighted by molar-refractivity contribution is 0.252. The Hall–Kier alpha value is -1.10. The van der Waals surface area contributed by atoms with E-state index < -0.39 is 5.76 Å². The van der Waals surface area contributed by atoms with E-state index in [1.165, 1.54) is 12.8 Å². The molecule has 0 atom stereocenters. The van der Waals surface area contributed by atoms with Gasteiger partial charge in [-0.1, -0.05) is 24.6 Å². The summed E-state index contributed by atoms with van der Waals surface area (Å²) < 4.78 is 24.3. The number of halogens is 2. The number of benzene rings is 1. The Morgan fingerprint density at radius 2 is 1.83 bits per heavy atom. The first-order chi connectivity index (χ1) is 8.65. The van der Waals surface area contributed by atoms with E-state index in [-0.39, 0.29) is 0 Å². The van der Waals surface area contributed by atoms with Crippen molar-refractivity contribution in [1.82, 2.24) is 0 Å². The van der Waals surface area contributed by atoms with Gasteiger partial charge >= 0.3 is 0 Å². The van der Waals surface area contributed by atoms with E-state index in [4.69, 9.17) is 5.73 Å². The zero-order valence-corrected chi connectivity index (χ0v) is 10.8. The Balaban J connectivity index is 2.02. The van der Waals surface area contributed by atoms with Crippen molar-refractivity contribution in [2.45, 2.75) is 36.3 Å². The quantitative estimate of drug-likeness (QED) is 0.506. The van der Waals surface area contributed by atoms with Crippen molar-refractivity contribution in [3.8, 4) is 0 Å². The van der Waals surface area contributed by atoms with Crippen molar-refractivity contribution in [3.05, 3.63) is 24.3 Å². The maximum absolute atomic E-state index is 12.2. The van der Waals surface area contributed by atoms with Gasteiger partial charge in [-0.15, -0.1) is 0 Å². The van der Waals surface area contributed by atoms with Crippen LogP contribution in [0.15, 0.2) is 34.2 Å². The molecule has 5 heteroatoms. The molecule has 1 aromatic rings. The minimum Gasteiger partial charge on any atom is -0.387 e. The number of hydrogen-bond donors (Lipinski definition) is 1. The molecule has 1 fully saturated rings. The number of amidine groups is 1. The van der Waals surface area contributed by atoms with Crippen LogP contribution in [0.1, 0.15) is 25.7 Å². The Morgan fingerprint density at radius 1 is 1.22 bits per heavy atom. The van der Waals surface area contributed by atoms with Crippen LogP contribution in [0.4, 0.5) is 14.5 Å². The zero-order chi connectivity index (χ0) is 13.0. The molecule has 1 aliphatic rings. The topological polar surface area (TPSA) is 38.4 Å². The molecule has 0 heterocycles. The van der Waals surface area contributed by atoms with Crippen LogP contribution >= 0.6 is 11.8 Å². The molecule has 1 saturated carbocycles. The first-order valence-electron chi connectivity index (χ1n) is 6.04. The van der Waals surface area contributed by atoms with Gasteiger partial charge in [0.1, 0.15) is 5.84 Å². The lowest BCUT2D eigenvalue weighted by Gasteiger charge is -2.08. The fourth-order valence-electron chi connectivity index (χ4n) is 2.16. The average molecular weight is 270 g/mol. The zero-order valence-electron chi connectivity index (χ0n) is 9.98. The normalized spacial score (nSPS) is 17.6. The van der Waals surface area contributed by atoms with E-state index >= 15 is 0 Å². The number of rotatable bonds is 4. The van der Waals surface area contributed by atoms with Gasteiger partial charge in [-0.05, 0) is 37.1 Å². The van der Waals surface area contributed by atoms with Gasteiger partial charge in [0.05, 0.1) is 5.69 Å². The minimum atomic E-state index is -2.39. The number of thioether (sulfide) groups is 1. The highest BCUT2D eigenvalue weighted by atomic mass is 32.2. The SMILES string of the molecule is NC(=Nc1ccc(SC(F)F)cc1)C1CCCC1. The molecular weight excluding hydrogens is 254 g/mol. The van der Waals surface area contributed by atoms with Gasteiger partial charge in [-0.3, -0.25) is 0 Å². The van der Waals surface area contributed by atoms with Crippen molar-refractivity contribution in [2.24, 2.45) is 16.6 Å². The highest BCUT2D eigenvalue weighted by Gasteiger charge is 2.18. The van der Waals surface area contributed by atoms with E-state index in [9.17, 15) is 8.78 Å². The standard InChI is InChI=1S/C13H16F2N2S/c14-13(15)18-11-7-5-10(6-8-11)17-12(16)9-3-1-2-4-9/h5-9,13H,1-4H2,(H2,16,17). The minimum absolute atomic E-state index is 0.389. The molecule has 1 aromatic carbocycles. The molecule has 0 unspecified atom stereocenters. The molecule has 2 nitrogen and oxygen atoms in total. The fourth-order valence-corrected chi connectivity index (χ4v) is 2.66. The summed E-state index contributed by atoms with van der Waals surface area (Å²) in [7, 11) is 0. The molecule has 0 aliphatic heterocycles. The maximum Gasteiger partial charge on any atom is 0.288 e. The molecule has 0 bridgehead atoms. The number of nitrogens with two attached hydrogens (primary N) is 1. The Morgan fingerprint density at radius 3 is 2.39 bits per heavy atom. The molecule has 98 valence electrons. The van der Waals surface area contributed by atoms with Gasteiger partial charge < -0.3 is 5.73 Å². The third kappa shape index (κ3) is 3.70. The molecule has 2 N–H and O–H groups in total. The Labute approximate surface area is 110 Å². The molecule has 1 aliphatic carbocycles. The summed E-state index contributed by atoms with van der Waals surface area (Å²) >= 11 is 0.538. The maximum atomic E-state index is 12.2. The molecule has 0 spiro atoms. The van der Waals surface area contributed by atoms with Crippen LogP contribution in [0.5, 0.6) is 0 Å². The molecule has 18 heavy (non-hydrogen) atoms. The fraction of sp³-hybridized carbons (Fsp3) is 0.462. The van der Waals surface area contributed by atoms with Gasteiger partial charge in [-0.2, -0.15) is 8.78 Å². The van der Waals surface area contributed by atoms with E-state index in [1.54, 1.807) is 24.3 Å². The van der Waals surface area contributed by atoms with Crippen molar-refractivity contribution in [1.29, 1.82) is 0 Å². The van der Waals surface area contributed by atoms with E-state index in [2.05, 4.69) is 4.99 Å². The monoisotopic (exact) mass is 270 g/mol. The van der Waals surface area contributed by atoms with E-state index in [0.29, 0.717) is 28.4 Å². The molecule has 0 aromatic heterocycles. The average Bonchev–Trinajstić information content (AvgIpc) is 2.84. The van der Waals surface area contributed by atoms with Gasteiger partial charge in [0, 0.05) is 10.8 Å². The molecular formula is C13H16F2N2S. The first kappa shape index (κ1) is 13.3. The van der Waals surface area contributed by atoms with Crippen LogP contribution in [0.3, 0.4) is 0 Å². The van der Waals surface area contributed by atoms with Crippen LogP contribution < -0.4 is 5.73 Å². The lowest BCUT2D eigenvalue weighted by Crippen LogP contribution is -2.20. The lowest BCUT2D eigenvalue weighted by atomic mass is 10.1. The first-order valence-corrected chi connectivity index (χ1v) is 6.92. The molecule has 0 amide bonds. The predicted octanol–water partition coefficient (Wildman–Crippen LogP) is 4.18. The molecule has 2 rings (SSSR count). The predicted molar refractivity (Wildman–Crippen MR) is 71.5 cm³/mol. The molecule has 0 saturated heterocycles. The van der Waals surface area contributed by atoms with Gasteiger partial charge in [0.2, 0.25) is 0 Å². The third-order valence-corrected chi connectivity index (χ3v) is 3.82. The van der Waals surface area contributed by atoms with E-state index in [0.717, 1.165) is 18.5 Å². The van der Waals surface area contributed by atoms with E-state index in [1.807, 2.05) is 0 Å². The Bertz CT molecular complexity index is 412. The van der Waals surface area contributed by atoms with Crippen molar-refractivity contribution in [3.63, 3.8) is 0 Å². The summed E-state index contributed by atoms with van der Waals surface area (Å²) in [6, 6.07) is 6.76. The number of alkyl halides is 2. The summed E-state index contributed by atoms with van der Waals surface area (Å²) in [6.45, 7) is 0. The van der Waals surface area contributed by atoms with Crippen LogP contribution in [0, 0.1) is 5.92 Å². The number of hydrogen-bond acceptors (Lipinski definition) is 2. The molecule has 0 radical (unpaired) electrons. The van der Waals surface area contributed by atoms with Gasteiger partial charge in [-0.25, -0.2) is 4.99 Å². The highest BCUT2D eigenvalue weighted by molar-refractivity contribution is 7.99. The summed E-state index contributed by atoms with van der Waals surface area (Å²) in [6.07, 6.45) is 4.64. The van der Waals surface area contributed by atoms with Crippen molar-refractivity contribution in [2.75, 3.05) is 0 Å². The highest BCUT2D eigenvalue weighted by Crippen LogP contribution is 2.28. The van der Waals surface area contributed by atoms with Crippen LogP contribution in [-0.2, 0) is 0 Å². The van der Waals surface area contributed by atoms with Gasteiger partial charge in [0.15, 0.2) is 0 Å². The largest absolute Gasteiger partial charge is 0.387 e. The summed E-state index contributed by atoms with van der Waals surface area (Å²) in [5.74, 6) is -1.33. The smallest absolute Gasteiger partial charge is 0.288 e. The van der Waals surface area contributed by atoms with Crippen molar-refractivity contribution < 1.29 is 8.78 Å². The Kier molecular flexibility index (Phi) is 4.58. The van der Waals surface area contributed by atoms with Crippen LogP contribution in [0.2, 0.25) is 0 Å². The van der Waals surface area contributed by atoms with Crippen LogP contribution in [-0.4, -0.2) is 11.6 Å². The van der Waals surface area contributed by atoms with Gasteiger partial charge in [0.25, 0.3) is 5.76 Å². The number of aliphatic imine (C=N–C) groups is 1. The summed E-state index contributed by atoms with van der Waals surface area (Å²) in [5.41, 5.74) is 6.69. The second-order valence-electron chi connectivity index (χ2n) is 4.39.